The highest BCUT2D eigenvalue weighted by Gasteiger charge is 2.44. The minimum absolute atomic E-state index is 0.529. The molecule has 1 aliphatic rings. The molecule has 0 unspecified atom stereocenters. The number of carbonyl (C=O) groups is 1. The Morgan fingerprint density at radius 1 is 1.41 bits per heavy atom. The lowest BCUT2D eigenvalue weighted by Gasteiger charge is -2.37. The summed E-state index contributed by atoms with van der Waals surface area (Å²) in [6.07, 6.45) is 4.64. The highest BCUT2D eigenvalue weighted by molar-refractivity contribution is 7.98. The average Bonchev–Trinajstić information content (AvgIpc) is 2.28. The van der Waals surface area contributed by atoms with E-state index in [1.165, 1.54) is 4.90 Å². The second kappa shape index (κ2) is 5.00. The number of anilines is 1. The zero-order valence-electron chi connectivity index (χ0n) is 9.90. The molecule has 3 nitrogen and oxygen atoms in total. The number of hydrogen-bond acceptors (Lipinski definition) is 3. The number of thioether (sulfide) groups is 1. The maximum Gasteiger partial charge on any atom is 0.311 e. The van der Waals surface area contributed by atoms with Crippen molar-refractivity contribution in [1.82, 2.24) is 0 Å². The van der Waals surface area contributed by atoms with Crippen LogP contribution in [-0.2, 0) is 4.79 Å². The third-order valence-corrected chi connectivity index (χ3v) is 4.23. The molecule has 0 amide bonds. The first-order valence-electron chi connectivity index (χ1n) is 5.78. The Bertz CT molecular complexity index is 398. The van der Waals surface area contributed by atoms with Gasteiger partial charge >= 0.3 is 5.97 Å². The molecule has 2 rings (SSSR count). The number of nitrogens with one attached hydrogen (secondary N) is 1. The zero-order valence-corrected chi connectivity index (χ0v) is 10.7. The number of carboxylic acids is 1. The van der Waals surface area contributed by atoms with Crippen molar-refractivity contribution in [3.05, 3.63) is 24.3 Å². The lowest BCUT2D eigenvalue weighted by Crippen LogP contribution is -2.43. The van der Waals surface area contributed by atoms with Crippen molar-refractivity contribution < 1.29 is 9.90 Å². The van der Waals surface area contributed by atoms with Gasteiger partial charge in [0.15, 0.2) is 0 Å². The molecule has 1 saturated carbocycles. The van der Waals surface area contributed by atoms with Crippen molar-refractivity contribution in [3.63, 3.8) is 0 Å². The Kier molecular flexibility index (Phi) is 3.62. The first-order valence-corrected chi connectivity index (χ1v) is 7.00. The highest BCUT2D eigenvalue weighted by atomic mass is 32.2. The summed E-state index contributed by atoms with van der Waals surface area (Å²) in [6, 6.07) is 8.09. The van der Waals surface area contributed by atoms with Crippen LogP contribution in [0.4, 0.5) is 5.69 Å². The van der Waals surface area contributed by atoms with Gasteiger partial charge < -0.3 is 10.4 Å². The molecule has 17 heavy (non-hydrogen) atoms. The van der Waals surface area contributed by atoms with Gasteiger partial charge in [0.25, 0.3) is 0 Å². The smallest absolute Gasteiger partial charge is 0.311 e. The molecular weight excluding hydrogens is 234 g/mol. The molecule has 1 aliphatic carbocycles. The number of aliphatic carboxylic acids is 1. The van der Waals surface area contributed by atoms with E-state index in [1.54, 1.807) is 11.8 Å². The summed E-state index contributed by atoms with van der Waals surface area (Å²) in [5, 5.41) is 12.4. The Hall–Kier alpha value is -1.16. The number of hydrogen-bond donors (Lipinski definition) is 2. The van der Waals surface area contributed by atoms with Gasteiger partial charge in [0.05, 0.1) is 5.41 Å². The van der Waals surface area contributed by atoms with Crippen LogP contribution in [0.15, 0.2) is 29.2 Å². The quantitative estimate of drug-likeness (QED) is 0.790. The van der Waals surface area contributed by atoms with Crippen LogP contribution in [0, 0.1) is 5.41 Å². The molecule has 92 valence electrons. The normalized spacial score (nSPS) is 17.2. The van der Waals surface area contributed by atoms with Gasteiger partial charge in [-0.1, -0.05) is 6.42 Å². The molecule has 2 N–H and O–H groups in total. The van der Waals surface area contributed by atoms with Crippen LogP contribution in [0.25, 0.3) is 0 Å². The summed E-state index contributed by atoms with van der Waals surface area (Å²) < 4.78 is 0. The largest absolute Gasteiger partial charge is 0.481 e. The van der Waals surface area contributed by atoms with Crippen LogP contribution >= 0.6 is 11.8 Å². The van der Waals surface area contributed by atoms with Gasteiger partial charge in [-0.2, -0.15) is 0 Å². The van der Waals surface area contributed by atoms with Crippen molar-refractivity contribution >= 4 is 23.4 Å². The molecule has 0 radical (unpaired) electrons. The fourth-order valence-corrected chi connectivity index (χ4v) is 2.46. The molecule has 0 aliphatic heterocycles. The van der Waals surface area contributed by atoms with Crippen LogP contribution in [0.1, 0.15) is 19.3 Å². The molecule has 1 fully saturated rings. The maximum atomic E-state index is 11.2. The Balaban J connectivity index is 1.94. The van der Waals surface area contributed by atoms with Crippen LogP contribution < -0.4 is 5.32 Å². The molecule has 4 heteroatoms. The first-order chi connectivity index (χ1) is 8.16. The van der Waals surface area contributed by atoms with Gasteiger partial charge in [-0.05, 0) is 43.4 Å². The monoisotopic (exact) mass is 251 g/mol. The summed E-state index contributed by atoms with van der Waals surface area (Å²) in [7, 11) is 0. The lowest BCUT2D eigenvalue weighted by atomic mass is 9.69. The van der Waals surface area contributed by atoms with Gasteiger partial charge in [-0.3, -0.25) is 4.79 Å². The molecule has 1 aromatic rings. The molecule has 1 aromatic carbocycles. The van der Waals surface area contributed by atoms with E-state index in [2.05, 4.69) is 5.32 Å². The summed E-state index contributed by atoms with van der Waals surface area (Å²) in [4.78, 5) is 12.4. The molecule has 0 atom stereocenters. The van der Waals surface area contributed by atoms with E-state index in [0.717, 1.165) is 24.9 Å². The van der Waals surface area contributed by atoms with E-state index in [9.17, 15) is 9.90 Å². The van der Waals surface area contributed by atoms with E-state index in [0.29, 0.717) is 6.54 Å². The SMILES string of the molecule is CSc1ccc(NCC2(C(=O)O)CCC2)cc1. The van der Waals surface area contributed by atoms with Crippen LogP contribution in [0.3, 0.4) is 0 Å². The van der Waals surface area contributed by atoms with E-state index in [-0.39, 0.29) is 0 Å². The van der Waals surface area contributed by atoms with E-state index in [1.807, 2.05) is 30.5 Å². The summed E-state index contributed by atoms with van der Waals surface area (Å²) in [5.74, 6) is -0.669. The number of benzene rings is 1. The van der Waals surface area contributed by atoms with Gasteiger partial charge in [-0.25, -0.2) is 0 Å². The zero-order chi connectivity index (χ0) is 12.3. The van der Waals surface area contributed by atoms with E-state index < -0.39 is 11.4 Å². The third-order valence-electron chi connectivity index (χ3n) is 3.49. The molecule has 0 aromatic heterocycles. The highest BCUT2D eigenvalue weighted by Crippen LogP contribution is 2.41. The summed E-state index contributed by atoms with van der Waals surface area (Å²) in [6.45, 7) is 0.529. The van der Waals surface area contributed by atoms with Crippen molar-refractivity contribution in [2.24, 2.45) is 5.41 Å². The average molecular weight is 251 g/mol. The third kappa shape index (κ3) is 2.57. The Morgan fingerprint density at radius 3 is 2.47 bits per heavy atom. The predicted octanol–water partition coefficient (Wildman–Crippen LogP) is 3.08. The Labute approximate surface area is 106 Å². The van der Waals surface area contributed by atoms with Crippen molar-refractivity contribution in [2.75, 3.05) is 18.1 Å². The van der Waals surface area contributed by atoms with E-state index in [4.69, 9.17) is 0 Å². The van der Waals surface area contributed by atoms with Gasteiger partial charge in [0.2, 0.25) is 0 Å². The van der Waals surface area contributed by atoms with Crippen molar-refractivity contribution in [2.45, 2.75) is 24.2 Å². The fourth-order valence-electron chi connectivity index (χ4n) is 2.05. The molecule has 0 bridgehead atoms. The summed E-state index contributed by atoms with van der Waals surface area (Å²) in [5.41, 5.74) is 0.466. The summed E-state index contributed by atoms with van der Waals surface area (Å²) >= 11 is 1.70. The van der Waals surface area contributed by atoms with Gasteiger partial charge in [0.1, 0.15) is 0 Å². The lowest BCUT2D eigenvalue weighted by molar-refractivity contribution is -0.153. The van der Waals surface area contributed by atoms with Crippen molar-refractivity contribution in [3.8, 4) is 0 Å². The second-order valence-electron chi connectivity index (χ2n) is 4.52. The number of carboxylic acid groups (broad SMARTS) is 1. The molecule has 0 heterocycles. The van der Waals surface area contributed by atoms with Crippen molar-refractivity contribution in [1.29, 1.82) is 0 Å². The van der Waals surface area contributed by atoms with Crippen LogP contribution in [-0.4, -0.2) is 23.9 Å². The Morgan fingerprint density at radius 2 is 2.06 bits per heavy atom. The van der Waals surface area contributed by atoms with Gasteiger partial charge in [-0.15, -0.1) is 11.8 Å². The number of rotatable bonds is 5. The van der Waals surface area contributed by atoms with Gasteiger partial charge in [0, 0.05) is 17.1 Å². The van der Waals surface area contributed by atoms with E-state index >= 15 is 0 Å². The standard InChI is InChI=1S/C13H17NO2S/c1-17-11-5-3-10(4-6-11)14-9-13(12(15)16)7-2-8-13/h3-6,14H,2,7-9H2,1H3,(H,15,16). The molecular formula is C13H17NO2S. The molecule has 0 spiro atoms. The predicted molar refractivity (Wildman–Crippen MR) is 70.6 cm³/mol. The topological polar surface area (TPSA) is 49.3 Å². The van der Waals surface area contributed by atoms with Crippen LogP contribution in [0.2, 0.25) is 0 Å². The fraction of sp³-hybridized carbons (Fsp3) is 0.462. The maximum absolute atomic E-state index is 11.2. The minimum atomic E-state index is -0.669. The van der Waals surface area contributed by atoms with Crippen LogP contribution in [0.5, 0.6) is 0 Å². The first kappa shape index (κ1) is 12.3. The second-order valence-corrected chi connectivity index (χ2v) is 5.40. The molecule has 0 saturated heterocycles. The minimum Gasteiger partial charge on any atom is -0.481 e.